The van der Waals surface area contributed by atoms with Crippen LogP contribution >= 0.6 is 0 Å². The van der Waals surface area contributed by atoms with Crippen LogP contribution in [0.15, 0.2) is 140 Å². The van der Waals surface area contributed by atoms with E-state index in [1.54, 1.807) is 0 Å². The van der Waals surface area contributed by atoms with Crippen LogP contribution in [0.2, 0.25) is 0 Å². The summed E-state index contributed by atoms with van der Waals surface area (Å²) in [5, 5.41) is 0. The Kier molecular flexibility index (Phi) is 6.86. The molecule has 0 aliphatic heterocycles. The van der Waals surface area contributed by atoms with Crippen molar-refractivity contribution in [2.45, 2.75) is 45.4 Å². The third-order valence-corrected chi connectivity index (χ3v) is 9.44. The molecule has 0 heteroatoms. The summed E-state index contributed by atoms with van der Waals surface area (Å²) in [7, 11) is 0. The van der Waals surface area contributed by atoms with Crippen LogP contribution in [0.3, 0.4) is 0 Å². The van der Waals surface area contributed by atoms with Crippen LogP contribution in [0.1, 0.15) is 58.7 Å². The van der Waals surface area contributed by atoms with Gasteiger partial charge in [0, 0.05) is 11.3 Å². The fourth-order valence-electron chi connectivity index (χ4n) is 7.46. The van der Waals surface area contributed by atoms with Crippen LogP contribution < -0.4 is 0 Å². The Hall–Kier alpha value is -4.68. The van der Waals surface area contributed by atoms with Crippen molar-refractivity contribution >= 4 is 0 Å². The number of aryl methyl sites for hydroxylation is 2. The highest BCUT2D eigenvalue weighted by Crippen LogP contribution is 2.53. The highest BCUT2D eigenvalue weighted by atomic mass is 14.4. The van der Waals surface area contributed by atoms with Crippen molar-refractivity contribution in [3.05, 3.63) is 178 Å². The lowest BCUT2D eigenvalue weighted by Crippen LogP contribution is -2.17. The zero-order valence-electron chi connectivity index (χ0n) is 25.6. The van der Waals surface area contributed by atoms with E-state index in [1.165, 1.54) is 72.3 Å². The van der Waals surface area contributed by atoms with Gasteiger partial charge >= 0.3 is 0 Å². The minimum absolute atomic E-state index is 0.0302. The van der Waals surface area contributed by atoms with Crippen molar-refractivity contribution in [2.75, 3.05) is 0 Å². The first kappa shape index (κ1) is 27.2. The Morgan fingerprint density at radius 3 is 1.72 bits per heavy atom. The Labute approximate surface area is 256 Å². The Balaban J connectivity index is 1.36. The molecule has 0 saturated heterocycles. The molecular formula is C43H38. The van der Waals surface area contributed by atoms with Gasteiger partial charge in [0.2, 0.25) is 0 Å². The molecule has 6 aromatic rings. The second kappa shape index (κ2) is 10.9. The van der Waals surface area contributed by atoms with E-state index >= 15 is 0 Å². The molecule has 0 fully saturated rings. The van der Waals surface area contributed by atoms with Gasteiger partial charge in [0.15, 0.2) is 0 Å². The molecule has 0 N–H and O–H groups in total. The van der Waals surface area contributed by atoms with Crippen LogP contribution in [0.4, 0.5) is 0 Å². The van der Waals surface area contributed by atoms with Crippen molar-refractivity contribution in [3.63, 3.8) is 0 Å². The molecule has 7 rings (SSSR count). The van der Waals surface area contributed by atoms with E-state index in [2.05, 4.69) is 167 Å². The molecule has 210 valence electrons. The summed E-state index contributed by atoms with van der Waals surface area (Å²) in [6.45, 7) is 9.31. The monoisotopic (exact) mass is 554 g/mol. The Bertz CT molecular complexity index is 1890. The molecule has 0 spiro atoms. The molecule has 43 heavy (non-hydrogen) atoms. The number of hydrogen-bond acceptors (Lipinski definition) is 0. The van der Waals surface area contributed by atoms with Crippen molar-refractivity contribution < 1.29 is 0 Å². The summed E-state index contributed by atoms with van der Waals surface area (Å²) in [6, 6.07) is 51.6. The van der Waals surface area contributed by atoms with E-state index < -0.39 is 0 Å². The van der Waals surface area contributed by atoms with Gasteiger partial charge in [-0.15, -0.1) is 0 Å². The zero-order valence-corrected chi connectivity index (χ0v) is 25.6. The quantitative estimate of drug-likeness (QED) is 0.192. The van der Waals surface area contributed by atoms with Crippen LogP contribution in [0, 0.1) is 13.8 Å². The van der Waals surface area contributed by atoms with Gasteiger partial charge < -0.3 is 0 Å². The SMILES string of the molecule is Cc1cc(C)c2c(c1)-c1c(C(Cc3ccc(-c4ccccc4)cc3)c3ccc(-c4ccccc4)cc3)cccc1C2(C)C. The molecular weight excluding hydrogens is 516 g/mol. The molecule has 1 unspecified atom stereocenters. The van der Waals surface area contributed by atoms with Crippen LogP contribution in [-0.2, 0) is 11.8 Å². The first-order valence-electron chi connectivity index (χ1n) is 15.5. The van der Waals surface area contributed by atoms with Gasteiger partial charge in [0.25, 0.3) is 0 Å². The summed E-state index contributed by atoms with van der Waals surface area (Å²) >= 11 is 0. The van der Waals surface area contributed by atoms with E-state index in [9.17, 15) is 0 Å². The van der Waals surface area contributed by atoms with Crippen molar-refractivity contribution in [1.82, 2.24) is 0 Å². The first-order chi connectivity index (χ1) is 20.9. The minimum Gasteiger partial charge on any atom is -0.0622 e. The van der Waals surface area contributed by atoms with E-state index in [-0.39, 0.29) is 11.3 Å². The molecule has 0 radical (unpaired) electrons. The number of hydrogen-bond donors (Lipinski definition) is 0. The van der Waals surface area contributed by atoms with Gasteiger partial charge in [0.05, 0.1) is 0 Å². The molecule has 0 nitrogen and oxygen atoms in total. The maximum atomic E-state index is 2.42. The molecule has 0 heterocycles. The maximum Gasteiger partial charge on any atom is 0.0161 e. The van der Waals surface area contributed by atoms with E-state index in [0.717, 1.165) is 6.42 Å². The smallest absolute Gasteiger partial charge is 0.0161 e. The van der Waals surface area contributed by atoms with Gasteiger partial charge in [-0.05, 0) is 87.0 Å². The number of rotatable bonds is 6. The molecule has 0 amide bonds. The average molecular weight is 555 g/mol. The highest BCUT2D eigenvalue weighted by Gasteiger charge is 2.39. The normalized spacial score (nSPS) is 13.8. The molecule has 6 aromatic carbocycles. The fraction of sp³-hybridized carbons (Fsp3) is 0.163. The van der Waals surface area contributed by atoms with Crippen LogP contribution in [-0.4, -0.2) is 0 Å². The predicted molar refractivity (Wildman–Crippen MR) is 183 cm³/mol. The Morgan fingerprint density at radius 2 is 1.12 bits per heavy atom. The van der Waals surface area contributed by atoms with Gasteiger partial charge in [0.1, 0.15) is 0 Å². The van der Waals surface area contributed by atoms with E-state index in [0.29, 0.717) is 0 Å². The number of fused-ring (bicyclic) bond motifs is 3. The van der Waals surface area contributed by atoms with Gasteiger partial charge in [-0.25, -0.2) is 0 Å². The van der Waals surface area contributed by atoms with Crippen LogP contribution in [0.5, 0.6) is 0 Å². The molecule has 0 bridgehead atoms. The second-order valence-electron chi connectivity index (χ2n) is 12.7. The molecule has 0 aromatic heterocycles. The van der Waals surface area contributed by atoms with Crippen molar-refractivity contribution in [1.29, 1.82) is 0 Å². The molecule has 1 aliphatic rings. The zero-order chi connectivity index (χ0) is 29.6. The molecule has 1 atom stereocenters. The number of benzene rings is 6. The molecule has 1 aliphatic carbocycles. The summed E-state index contributed by atoms with van der Waals surface area (Å²) in [4.78, 5) is 0. The van der Waals surface area contributed by atoms with Crippen molar-refractivity contribution in [2.24, 2.45) is 0 Å². The summed E-state index contributed by atoms with van der Waals surface area (Å²) in [5.74, 6) is 0.227. The third-order valence-electron chi connectivity index (χ3n) is 9.44. The summed E-state index contributed by atoms with van der Waals surface area (Å²) < 4.78 is 0. The van der Waals surface area contributed by atoms with Crippen molar-refractivity contribution in [3.8, 4) is 33.4 Å². The van der Waals surface area contributed by atoms with Gasteiger partial charge in [-0.3, -0.25) is 0 Å². The van der Waals surface area contributed by atoms with Gasteiger partial charge in [-0.2, -0.15) is 0 Å². The maximum absolute atomic E-state index is 2.42. The van der Waals surface area contributed by atoms with Crippen LogP contribution in [0.25, 0.3) is 33.4 Å². The van der Waals surface area contributed by atoms with Gasteiger partial charge in [-0.1, -0.05) is 159 Å². The topological polar surface area (TPSA) is 0 Å². The highest BCUT2D eigenvalue weighted by molar-refractivity contribution is 5.85. The average Bonchev–Trinajstić information content (AvgIpc) is 3.27. The molecule has 0 saturated carbocycles. The lowest BCUT2D eigenvalue weighted by molar-refractivity contribution is 0.654. The standard InChI is InChI=1S/C43H38/c1-29-26-30(2)42-39(27-29)41-37(16-11-17-40(41)43(42,3)4)38(36-24-22-35(23-25-36)33-14-9-6-10-15-33)28-31-18-20-34(21-19-31)32-12-7-5-8-13-32/h5-27,38H,28H2,1-4H3. The Morgan fingerprint density at radius 1 is 0.558 bits per heavy atom. The fourth-order valence-corrected chi connectivity index (χ4v) is 7.46. The van der Waals surface area contributed by atoms with E-state index in [1.807, 2.05) is 0 Å². The summed E-state index contributed by atoms with van der Waals surface area (Å²) in [6.07, 6.45) is 0.941. The predicted octanol–water partition coefficient (Wildman–Crippen LogP) is 11.3. The summed E-state index contributed by atoms with van der Waals surface area (Å²) in [5.41, 5.74) is 17.6. The lowest BCUT2D eigenvalue weighted by Gasteiger charge is -2.25. The largest absolute Gasteiger partial charge is 0.0622 e. The lowest BCUT2D eigenvalue weighted by atomic mass is 9.78. The van der Waals surface area contributed by atoms with E-state index in [4.69, 9.17) is 0 Å². The minimum atomic E-state index is -0.0302. The first-order valence-corrected chi connectivity index (χ1v) is 15.5. The second-order valence-corrected chi connectivity index (χ2v) is 12.7. The third kappa shape index (κ3) is 4.92.